The lowest BCUT2D eigenvalue weighted by Crippen LogP contribution is -2.37. The Morgan fingerprint density at radius 2 is 1.84 bits per heavy atom. The van der Waals surface area contributed by atoms with E-state index in [9.17, 15) is 22.8 Å². The van der Waals surface area contributed by atoms with E-state index in [0.29, 0.717) is 6.07 Å². The van der Waals surface area contributed by atoms with Crippen molar-refractivity contribution in [2.75, 3.05) is 5.32 Å². The van der Waals surface area contributed by atoms with E-state index in [1.165, 1.54) is 13.8 Å². The van der Waals surface area contributed by atoms with Crippen LogP contribution < -0.4 is 5.32 Å². The van der Waals surface area contributed by atoms with Crippen molar-refractivity contribution in [2.45, 2.75) is 20.0 Å². The summed E-state index contributed by atoms with van der Waals surface area (Å²) in [4.78, 5) is 25.6. The zero-order valence-corrected chi connectivity index (χ0v) is 10.1. The van der Waals surface area contributed by atoms with Crippen LogP contribution in [-0.2, 0) is 15.8 Å². The number of pyridine rings is 1. The molecule has 1 aromatic rings. The van der Waals surface area contributed by atoms with Crippen molar-refractivity contribution in [3.8, 4) is 0 Å². The van der Waals surface area contributed by atoms with Gasteiger partial charge in [-0.15, -0.1) is 0 Å². The molecule has 0 fully saturated rings. The molecule has 0 aliphatic heterocycles. The molecule has 0 saturated heterocycles. The number of aliphatic carboxylic acids is 1. The van der Waals surface area contributed by atoms with Crippen LogP contribution in [0.1, 0.15) is 19.5 Å². The standard InChI is InChI=1S/C11H11F3N2O3/c1-10(2,9(18)19)8(17)16-6-3-4-7(15-5-6)11(12,13)14/h3-5H,1-2H3,(H,16,17)(H,18,19). The fraction of sp³-hybridized carbons (Fsp3) is 0.364. The number of amides is 1. The summed E-state index contributed by atoms with van der Waals surface area (Å²) in [6.07, 6.45) is -3.75. The average molecular weight is 276 g/mol. The fourth-order valence-corrected chi connectivity index (χ4v) is 1.02. The highest BCUT2D eigenvalue weighted by Crippen LogP contribution is 2.28. The first-order valence-electron chi connectivity index (χ1n) is 5.13. The molecule has 0 radical (unpaired) electrons. The van der Waals surface area contributed by atoms with Crippen molar-refractivity contribution in [3.05, 3.63) is 24.0 Å². The van der Waals surface area contributed by atoms with Crippen LogP contribution in [0.3, 0.4) is 0 Å². The Balaban J connectivity index is 2.85. The van der Waals surface area contributed by atoms with Crippen molar-refractivity contribution in [1.82, 2.24) is 4.98 Å². The van der Waals surface area contributed by atoms with Gasteiger partial charge in [0, 0.05) is 0 Å². The third kappa shape index (κ3) is 3.43. The topological polar surface area (TPSA) is 79.3 Å². The number of anilines is 1. The van der Waals surface area contributed by atoms with Crippen LogP contribution in [0.25, 0.3) is 0 Å². The second-order valence-electron chi connectivity index (χ2n) is 4.31. The van der Waals surface area contributed by atoms with E-state index in [-0.39, 0.29) is 5.69 Å². The molecule has 0 bridgehead atoms. The number of carbonyl (C=O) groups is 2. The number of rotatable bonds is 3. The van der Waals surface area contributed by atoms with E-state index < -0.39 is 29.2 Å². The lowest BCUT2D eigenvalue weighted by atomic mass is 9.92. The summed E-state index contributed by atoms with van der Waals surface area (Å²) in [5.74, 6) is -2.19. The van der Waals surface area contributed by atoms with E-state index in [1.807, 2.05) is 0 Å². The molecule has 0 aromatic carbocycles. The number of halogens is 3. The molecule has 2 N–H and O–H groups in total. The van der Waals surface area contributed by atoms with E-state index in [0.717, 1.165) is 12.3 Å². The summed E-state index contributed by atoms with van der Waals surface area (Å²) in [7, 11) is 0. The van der Waals surface area contributed by atoms with Gasteiger partial charge in [-0.1, -0.05) is 0 Å². The van der Waals surface area contributed by atoms with E-state index in [1.54, 1.807) is 0 Å². The van der Waals surface area contributed by atoms with Crippen molar-refractivity contribution in [3.63, 3.8) is 0 Å². The molecule has 104 valence electrons. The summed E-state index contributed by atoms with van der Waals surface area (Å²) < 4.78 is 36.7. The Morgan fingerprint density at radius 1 is 1.26 bits per heavy atom. The number of aromatic nitrogens is 1. The Hall–Kier alpha value is -2.12. The first-order chi connectivity index (χ1) is 8.55. The Morgan fingerprint density at radius 3 is 2.21 bits per heavy atom. The highest BCUT2D eigenvalue weighted by Gasteiger charge is 2.36. The summed E-state index contributed by atoms with van der Waals surface area (Å²) in [6, 6.07) is 1.70. The number of carbonyl (C=O) groups excluding carboxylic acids is 1. The maximum absolute atomic E-state index is 12.2. The monoisotopic (exact) mass is 276 g/mol. The van der Waals surface area contributed by atoms with Crippen LogP contribution in [0.2, 0.25) is 0 Å². The first kappa shape index (κ1) is 14.9. The van der Waals surface area contributed by atoms with E-state index in [2.05, 4.69) is 10.3 Å². The van der Waals surface area contributed by atoms with Crippen molar-refractivity contribution in [1.29, 1.82) is 0 Å². The SMILES string of the molecule is CC(C)(C(=O)O)C(=O)Nc1ccc(C(F)(F)F)nc1. The van der Waals surface area contributed by atoms with Crippen LogP contribution in [0, 0.1) is 5.41 Å². The number of alkyl halides is 3. The molecule has 8 heteroatoms. The van der Waals surface area contributed by atoms with Gasteiger partial charge < -0.3 is 10.4 Å². The molecule has 0 atom stereocenters. The molecule has 19 heavy (non-hydrogen) atoms. The number of carboxylic acid groups (broad SMARTS) is 1. The summed E-state index contributed by atoms with van der Waals surface area (Å²) in [6.45, 7) is 2.37. The van der Waals surface area contributed by atoms with Gasteiger partial charge in [-0.3, -0.25) is 9.59 Å². The molecule has 0 aliphatic rings. The Labute approximate surface area is 106 Å². The highest BCUT2D eigenvalue weighted by molar-refractivity contribution is 6.07. The largest absolute Gasteiger partial charge is 0.480 e. The molecule has 1 heterocycles. The Bertz CT molecular complexity index is 495. The van der Waals surface area contributed by atoms with Crippen LogP contribution in [0.4, 0.5) is 18.9 Å². The van der Waals surface area contributed by atoms with Crippen LogP contribution in [0.15, 0.2) is 18.3 Å². The van der Waals surface area contributed by atoms with E-state index in [4.69, 9.17) is 5.11 Å². The lowest BCUT2D eigenvalue weighted by Gasteiger charge is -2.18. The predicted molar refractivity (Wildman–Crippen MR) is 59.3 cm³/mol. The molecular weight excluding hydrogens is 265 g/mol. The first-order valence-corrected chi connectivity index (χ1v) is 5.13. The second-order valence-corrected chi connectivity index (χ2v) is 4.31. The lowest BCUT2D eigenvalue weighted by molar-refractivity contribution is -0.151. The summed E-state index contributed by atoms with van der Waals surface area (Å²) in [5, 5.41) is 11.0. The molecule has 1 aromatic heterocycles. The number of hydrogen-bond acceptors (Lipinski definition) is 3. The number of hydrogen-bond donors (Lipinski definition) is 2. The van der Waals surface area contributed by atoms with Crippen molar-refractivity contribution < 1.29 is 27.9 Å². The van der Waals surface area contributed by atoms with Gasteiger partial charge in [0.05, 0.1) is 11.9 Å². The van der Waals surface area contributed by atoms with Gasteiger partial charge in [-0.25, -0.2) is 4.98 Å². The number of nitrogens with one attached hydrogen (secondary N) is 1. The molecule has 1 amide bonds. The van der Waals surface area contributed by atoms with Crippen LogP contribution in [0.5, 0.6) is 0 Å². The van der Waals surface area contributed by atoms with Gasteiger partial charge in [-0.05, 0) is 26.0 Å². The fourth-order valence-electron chi connectivity index (χ4n) is 1.02. The maximum atomic E-state index is 12.2. The van der Waals surface area contributed by atoms with Crippen LogP contribution >= 0.6 is 0 Å². The van der Waals surface area contributed by atoms with Gasteiger partial charge >= 0.3 is 12.1 Å². The molecule has 0 aliphatic carbocycles. The van der Waals surface area contributed by atoms with Crippen LogP contribution in [-0.4, -0.2) is 22.0 Å². The van der Waals surface area contributed by atoms with E-state index >= 15 is 0 Å². The van der Waals surface area contributed by atoms with Gasteiger partial charge in [-0.2, -0.15) is 13.2 Å². The molecule has 0 unspecified atom stereocenters. The summed E-state index contributed by atoms with van der Waals surface area (Å²) >= 11 is 0. The smallest absolute Gasteiger partial charge is 0.433 e. The van der Waals surface area contributed by atoms with Gasteiger partial charge in [0.2, 0.25) is 5.91 Å². The molecule has 5 nitrogen and oxygen atoms in total. The van der Waals surface area contributed by atoms with Gasteiger partial charge in [0.15, 0.2) is 0 Å². The van der Waals surface area contributed by atoms with Gasteiger partial charge in [0.1, 0.15) is 11.1 Å². The quantitative estimate of drug-likeness (QED) is 0.829. The molecule has 0 spiro atoms. The molecular formula is C11H11F3N2O3. The summed E-state index contributed by atoms with van der Waals surface area (Å²) in [5.41, 5.74) is -2.79. The average Bonchev–Trinajstić information content (AvgIpc) is 2.28. The third-order valence-corrected chi connectivity index (χ3v) is 2.41. The predicted octanol–water partition coefficient (Wildman–Crippen LogP) is 2.15. The number of nitrogens with zero attached hydrogens (tertiary/aromatic N) is 1. The Kier molecular flexibility index (Phi) is 3.83. The van der Waals surface area contributed by atoms with Crippen molar-refractivity contribution >= 4 is 17.6 Å². The third-order valence-electron chi connectivity index (χ3n) is 2.41. The zero-order chi connectivity index (χ0) is 14.8. The minimum atomic E-state index is -4.57. The van der Waals surface area contributed by atoms with Crippen molar-refractivity contribution in [2.24, 2.45) is 5.41 Å². The second kappa shape index (κ2) is 4.87. The zero-order valence-electron chi connectivity index (χ0n) is 10.1. The number of carboxylic acids is 1. The minimum Gasteiger partial charge on any atom is -0.480 e. The van der Waals surface area contributed by atoms with Gasteiger partial charge in [0.25, 0.3) is 0 Å². The molecule has 0 saturated carbocycles. The minimum absolute atomic E-state index is 0.00711. The highest BCUT2D eigenvalue weighted by atomic mass is 19.4. The molecule has 1 rings (SSSR count). The normalized spacial score (nSPS) is 12.1. The maximum Gasteiger partial charge on any atom is 0.433 e.